The molecule has 0 radical (unpaired) electrons. The fraction of sp³-hybridized carbons (Fsp3) is 1.00. The lowest BCUT2D eigenvalue weighted by Crippen LogP contribution is -2.21. The molecule has 0 bridgehead atoms. The molecule has 1 aliphatic rings. The first-order chi connectivity index (χ1) is 5.81. The molecule has 1 fully saturated rings. The highest BCUT2D eigenvalue weighted by Crippen LogP contribution is 2.24. The van der Waals surface area contributed by atoms with Crippen LogP contribution >= 0.6 is 0 Å². The third-order valence-electron chi connectivity index (χ3n) is 2.59. The number of ether oxygens (including phenoxy) is 2. The number of methoxy groups -OCH3 is 1. The van der Waals surface area contributed by atoms with Gasteiger partial charge in [0.15, 0.2) is 7.28 Å². The lowest BCUT2D eigenvalue weighted by atomic mass is 9.68. The van der Waals surface area contributed by atoms with Crippen LogP contribution in [0.25, 0.3) is 0 Å². The van der Waals surface area contributed by atoms with Gasteiger partial charge in [0.2, 0.25) is 0 Å². The van der Waals surface area contributed by atoms with Gasteiger partial charge in [0.1, 0.15) is 0 Å². The lowest BCUT2D eigenvalue weighted by molar-refractivity contribution is 0.00770. The Labute approximate surface area is 75.9 Å². The van der Waals surface area contributed by atoms with Crippen molar-refractivity contribution in [3.8, 4) is 0 Å². The molecule has 1 saturated heterocycles. The summed E-state index contributed by atoms with van der Waals surface area (Å²) in [5.74, 6) is 0. The summed E-state index contributed by atoms with van der Waals surface area (Å²) in [5.41, 5.74) is 0. The maximum absolute atomic E-state index is 5.83. The van der Waals surface area contributed by atoms with Crippen molar-refractivity contribution < 1.29 is 9.47 Å². The zero-order valence-corrected chi connectivity index (χ0v) is 8.38. The number of hydrogen-bond acceptors (Lipinski definition) is 2. The van der Waals surface area contributed by atoms with E-state index in [1.807, 2.05) is 0 Å². The van der Waals surface area contributed by atoms with Gasteiger partial charge in [-0.3, -0.25) is 0 Å². The Balaban J connectivity index is 2.36. The molecular weight excluding hydrogens is 151 g/mol. The lowest BCUT2D eigenvalue weighted by Gasteiger charge is -2.14. The molecule has 0 saturated carbocycles. The zero-order chi connectivity index (χ0) is 8.97. The van der Waals surface area contributed by atoms with Crippen LogP contribution in [0, 0.1) is 0 Å². The van der Waals surface area contributed by atoms with Crippen LogP contribution in [0.1, 0.15) is 26.7 Å². The fourth-order valence-electron chi connectivity index (χ4n) is 1.92. The number of hydrogen-bond donors (Lipinski definition) is 0. The molecule has 0 N–H and O–H groups in total. The normalized spacial score (nSPS) is 35.4. The Morgan fingerprint density at radius 1 is 1.50 bits per heavy atom. The van der Waals surface area contributed by atoms with Crippen molar-refractivity contribution in [1.29, 1.82) is 0 Å². The van der Waals surface area contributed by atoms with Crippen molar-refractivity contribution in [1.82, 2.24) is 0 Å². The predicted octanol–water partition coefficient (Wildman–Crippen LogP) is 1.40. The van der Waals surface area contributed by atoms with Gasteiger partial charge in [0.05, 0.1) is 12.2 Å². The first-order valence-electron chi connectivity index (χ1n) is 5.00. The maximum atomic E-state index is 5.83. The molecule has 12 heavy (non-hydrogen) atoms. The van der Waals surface area contributed by atoms with Crippen LogP contribution in [0.15, 0.2) is 0 Å². The van der Waals surface area contributed by atoms with Gasteiger partial charge >= 0.3 is 0 Å². The van der Waals surface area contributed by atoms with E-state index in [1.165, 1.54) is 13.6 Å². The molecule has 3 unspecified atom stereocenters. The van der Waals surface area contributed by atoms with Crippen LogP contribution in [-0.4, -0.2) is 32.6 Å². The van der Waals surface area contributed by atoms with E-state index >= 15 is 0 Å². The van der Waals surface area contributed by atoms with Gasteiger partial charge in [-0.2, -0.15) is 0 Å². The topological polar surface area (TPSA) is 18.5 Å². The van der Waals surface area contributed by atoms with Gasteiger partial charge in [0, 0.05) is 13.1 Å². The third kappa shape index (κ3) is 2.24. The molecule has 0 amide bonds. The summed E-state index contributed by atoms with van der Waals surface area (Å²) in [4.78, 5) is 0. The van der Waals surface area contributed by atoms with Crippen LogP contribution in [-0.2, 0) is 9.47 Å². The molecule has 0 aromatic carbocycles. The van der Waals surface area contributed by atoms with Crippen LogP contribution in [0.2, 0.25) is 6.32 Å². The molecule has 0 aliphatic carbocycles. The van der Waals surface area contributed by atoms with E-state index in [9.17, 15) is 0 Å². The molecule has 0 spiro atoms. The highest BCUT2D eigenvalue weighted by atomic mass is 16.6. The van der Waals surface area contributed by atoms with E-state index < -0.39 is 0 Å². The van der Waals surface area contributed by atoms with Crippen molar-refractivity contribution in [2.75, 3.05) is 7.11 Å². The molecule has 1 heterocycles. The van der Waals surface area contributed by atoms with Gasteiger partial charge in [-0.15, -0.1) is 0 Å². The molecule has 70 valence electrons. The third-order valence-corrected chi connectivity index (χ3v) is 2.59. The summed E-state index contributed by atoms with van der Waals surface area (Å²) in [6, 6.07) is 0.449. The summed E-state index contributed by atoms with van der Waals surface area (Å²) < 4.78 is 11.2. The largest absolute Gasteiger partial charge is 0.381 e. The minimum atomic E-state index is 0.339. The van der Waals surface area contributed by atoms with E-state index in [0.717, 1.165) is 12.8 Å². The molecular formula is C9H19BO2. The molecule has 1 rings (SSSR count). The van der Waals surface area contributed by atoms with Gasteiger partial charge in [-0.05, 0) is 12.8 Å². The van der Waals surface area contributed by atoms with Crippen LogP contribution in [0.4, 0.5) is 0 Å². The molecule has 0 aromatic rings. The highest BCUT2D eigenvalue weighted by molar-refractivity contribution is 6.37. The van der Waals surface area contributed by atoms with E-state index in [1.54, 1.807) is 7.11 Å². The van der Waals surface area contributed by atoms with E-state index in [4.69, 9.17) is 9.47 Å². The minimum Gasteiger partial charge on any atom is -0.381 e. The Morgan fingerprint density at radius 3 is 2.67 bits per heavy atom. The zero-order valence-electron chi connectivity index (χ0n) is 8.38. The second-order valence-electron chi connectivity index (χ2n) is 3.50. The fourth-order valence-corrected chi connectivity index (χ4v) is 1.92. The van der Waals surface area contributed by atoms with Crippen molar-refractivity contribution in [2.45, 2.75) is 51.2 Å². The minimum absolute atomic E-state index is 0.339. The molecule has 3 heteroatoms. The summed E-state index contributed by atoms with van der Waals surface area (Å²) in [7, 11) is 2.96. The summed E-state index contributed by atoms with van der Waals surface area (Å²) in [6.45, 7) is 4.36. The quantitative estimate of drug-likeness (QED) is 0.593. The van der Waals surface area contributed by atoms with Gasteiger partial charge in [-0.1, -0.05) is 20.2 Å². The van der Waals surface area contributed by atoms with Gasteiger partial charge in [-0.25, -0.2) is 0 Å². The van der Waals surface area contributed by atoms with Crippen molar-refractivity contribution in [3.05, 3.63) is 0 Å². The standard InChI is InChI=1S/C9H19BO2/c1-4-7-8(11-3)6-9(12-7)10-5-2/h7-10H,4-6H2,1-3H3. The van der Waals surface area contributed by atoms with E-state index in [-0.39, 0.29) is 0 Å². The molecule has 0 aromatic heterocycles. The maximum Gasteiger partial charge on any atom is 0.157 e. The van der Waals surface area contributed by atoms with Crippen LogP contribution < -0.4 is 0 Å². The summed E-state index contributed by atoms with van der Waals surface area (Å²) >= 11 is 0. The van der Waals surface area contributed by atoms with Crippen LogP contribution in [0.5, 0.6) is 0 Å². The van der Waals surface area contributed by atoms with Crippen molar-refractivity contribution in [3.63, 3.8) is 0 Å². The van der Waals surface area contributed by atoms with Gasteiger partial charge in [0.25, 0.3) is 0 Å². The summed E-state index contributed by atoms with van der Waals surface area (Å²) in [6.07, 6.45) is 4.04. The SMILES string of the molecule is CCBC1CC(OC)C(CC)O1. The van der Waals surface area contributed by atoms with E-state index in [2.05, 4.69) is 13.8 Å². The summed E-state index contributed by atoms with van der Waals surface area (Å²) in [5, 5.41) is 0. The monoisotopic (exact) mass is 170 g/mol. The van der Waals surface area contributed by atoms with Crippen molar-refractivity contribution >= 4 is 7.28 Å². The molecule has 3 atom stereocenters. The Kier molecular flexibility index (Phi) is 4.09. The second kappa shape index (κ2) is 4.88. The first kappa shape index (κ1) is 10.1. The molecule has 1 aliphatic heterocycles. The predicted molar refractivity (Wildman–Crippen MR) is 52.0 cm³/mol. The average molecular weight is 170 g/mol. The Bertz CT molecular complexity index is 118. The van der Waals surface area contributed by atoms with Crippen molar-refractivity contribution in [2.24, 2.45) is 0 Å². The van der Waals surface area contributed by atoms with Crippen LogP contribution in [0.3, 0.4) is 0 Å². The highest BCUT2D eigenvalue weighted by Gasteiger charge is 2.33. The molecule has 2 nitrogen and oxygen atoms in total. The first-order valence-corrected chi connectivity index (χ1v) is 5.00. The van der Waals surface area contributed by atoms with Gasteiger partial charge < -0.3 is 9.47 Å². The average Bonchev–Trinajstić information content (AvgIpc) is 2.48. The second-order valence-corrected chi connectivity index (χ2v) is 3.50. The van der Waals surface area contributed by atoms with E-state index in [0.29, 0.717) is 18.2 Å². The smallest absolute Gasteiger partial charge is 0.157 e. The number of rotatable bonds is 4. The Hall–Kier alpha value is -0.0151. The Morgan fingerprint density at radius 2 is 2.25 bits per heavy atom.